The second kappa shape index (κ2) is 6.77. The first-order valence-corrected chi connectivity index (χ1v) is 8.46. The SMILES string of the molecule is Cc1cc2oc(=O)cc(C)c2cc1NC(=O)CC1CCN(C)CC1. The van der Waals surface area contributed by atoms with Gasteiger partial charge in [0.1, 0.15) is 5.58 Å². The largest absolute Gasteiger partial charge is 0.423 e. The van der Waals surface area contributed by atoms with Crippen molar-refractivity contribution in [2.75, 3.05) is 25.5 Å². The van der Waals surface area contributed by atoms with Gasteiger partial charge in [0.25, 0.3) is 0 Å². The van der Waals surface area contributed by atoms with Gasteiger partial charge in [-0.15, -0.1) is 0 Å². The van der Waals surface area contributed by atoms with E-state index in [9.17, 15) is 9.59 Å². The van der Waals surface area contributed by atoms with E-state index in [-0.39, 0.29) is 11.5 Å². The van der Waals surface area contributed by atoms with E-state index in [0.717, 1.165) is 48.1 Å². The summed E-state index contributed by atoms with van der Waals surface area (Å²) < 4.78 is 5.24. The van der Waals surface area contributed by atoms with Crippen molar-refractivity contribution >= 4 is 22.6 Å². The van der Waals surface area contributed by atoms with E-state index in [2.05, 4.69) is 17.3 Å². The topological polar surface area (TPSA) is 62.6 Å². The molecule has 0 saturated carbocycles. The summed E-state index contributed by atoms with van der Waals surface area (Å²) in [5, 5.41) is 3.89. The van der Waals surface area contributed by atoms with Crippen LogP contribution in [0.2, 0.25) is 0 Å². The second-order valence-electron chi connectivity index (χ2n) is 6.91. The van der Waals surface area contributed by atoms with Gasteiger partial charge in [-0.05, 0) is 76.0 Å². The molecule has 2 heterocycles. The fourth-order valence-electron chi connectivity index (χ4n) is 3.33. The van der Waals surface area contributed by atoms with Crippen molar-refractivity contribution in [1.82, 2.24) is 4.90 Å². The number of anilines is 1. The van der Waals surface area contributed by atoms with Crippen LogP contribution in [0.25, 0.3) is 11.0 Å². The Hall–Kier alpha value is -2.14. The molecule has 128 valence electrons. The molecule has 1 aromatic carbocycles. The fraction of sp³-hybridized carbons (Fsp3) is 0.474. The van der Waals surface area contributed by atoms with Gasteiger partial charge in [-0.3, -0.25) is 4.79 Å². The predicted molar refractivity (Wildman–Crippen MR) is 95.4 cm³/mol. The van der Waals surface area contributed by atoms with Crippen molar-refractivity contribution in [3.8, 4) is 0 Å². The number of amides is 1. The molecule has 1 aliphatic rings. The van der Waals surface area contributed by atoms with Crippen LogP contribution in [-0.4, -0.2) is 30.9 Å². The average Bonchev–Trinajstić information content (AvgIpc) is 2.51. The van der Waals surface area contributed by atoms with Crippen LogP contribution < -0.4 is 10.9 Å². The molecule has 0 unspecified atom stereocenters. The van der Waals surface area contributed by atoms with Gasteiger partial charge in [0.2, 0.25) is 5.91 Å². The third-order valence-corrected chi connectivity index (χ3v) is 4.88. The first-order valence-electron chi connectivity index (χ1n) is 8.46. The molecule has 24 heavy (non-hydrogen) atoms. The van der Waals surface area contributed by atoms with Crippen LogP contribution in [0.1, 0.15) is 30.4 Å². The second-order valence-corrected chi connectivity index (χ2v) is 6.91. The van der Waals surface area contributed by atoms with Crippen molar-refractivity contribution in [2.45, 2.75) is 33.1 Å². The summed E-state index contributed by atoms with van der Waals surface area (Å²) in [5.74, 6) is 0.517. The van der Waals surface area contributed by atoms with Crippen LogP contribution in [0.4, 0.5) is 5.69 Å². The maximum absolute atomic E-state index is 12.4. The number of nitrogens with zero attached hydrogens (tertiary/aromatic N) is 1. The molecule has 1 amide bonds. The van der Waals surface area contributed by atoms with Crippen LogP contribution in [0, 0.1) is 19.8 Å². The minimum Gasteiger partial charge on any atom is -0.423 e. The number of rotatable bonds is 3. The molecule has 1 aliphatic heterocycles. The zero-order valence-electron chi connectivity index (χ0n) is 14.5. The Labute approximate surface area is 141 Å². The highest BCUT2D eigenvalue weighted by atomic mass is 16.4. The summed E-state index contributed by atoms with van der Waals surface area (Å²) in [6.07, 6.45) is 2.71. The highest BCUT2D eigenvalue weighted by Crippen LogP contribution is 2.26. The number of aryl methyl sites for hydroxylation is 2. The molecule has 0 radical (unpaired) electrons. The average molecular weight is 328 g/mol. The van der Waals surface area contributed by atoms with Crippen molar-refractivity contribution in [3.05, 3.63) is 39.7 Å². The summed E-state index contributed by atoms with van der Waals surface area (Å²) in [4.78, 5) is 26.2. The quantitative estimate of drug-likeness (QED) is 0.880. The molecule has 5 heteroatoms. The summed E-state index contributed by atoms with van der Waals surface area (Å²) >= 11 is 0. The lowest BCUT2D eigenvalue weighted by Crippen LogP contribution is -2.32. The van der Waals surface area contributed by atoms with Crippen molar-refractivity contribution in [2.24, 2.45) is 5.92 Å². The standard InChI is InChI=1S/C19H24N2O3/c1-12-9-19(23)24-17-8-13(2)16(11-15(12)17)20-18(22)10-14-4-6-21(3)7-5-14/h8-9,11,14H,4-7,10H2,1-3H3,(H,20,22). The Morgan fingerprint density at radius 3 is 2.62 bits per heavy atom. The summed E-state index contributed by atoms with van der Waals surface area (Å²) in [6, 6.07) is 5.19. The molecule has 0 spiro atoms. The number of nitrogens with one attached hydrogen (secondary N) is 1. The Bertz CT molecular complexity index is 817. The van der Waals surface area contributed by atoms with Crippen LogP contribution in [0.3, 0.4) is 0 Å². The maximum Gasteiger partial charge on any atom is 0.336 e. The third kappa shape index (κ3) is 3.67. The predicted octanol–water partition coefficient (Wildman–Crippen LogP) is 3.08. The zero-order valence-corrected chi connectivity index (χ0v) is 14.5. The lowest BCUT2D eigenvalue weighted by Gasteiger charge is -2.28. The minimum absolute atomic E-state index is 0.0574. The van der Waals surface area contributed by atoms with E-state index in [0.29, 0.717) is 17.9 Å². The van der Waals surface area contributed by atoms with Crippen molar-refractivity contribution in [1.29, 1.82) is 0 Å². The Morgan fingerprint density at radius 1 is 1.21 bits per heavy atom. The molecule has 5 nitrogen and oxygen atoms in total. The molecule has 2 aromatic rings. The van der Waals surface area contributed by atoms with Gasteiger partial charge in [-0.2, -0.15) is 0 Å². The Balaban J connectivity index is 1.76. The van der Waals surface area contributed by atoms with Gasteiger partial charge < -0.3 is 14.6 Å². The van der Waals surface area contributed by atoms with Gasteiger partial charge in [0.15, 0.2) is 0 Å². The van der Waals surface area contributed by atoms with E-state index in [1.165, 1.54) is 6.07 Å². The smallest absolute Gasteiger partial charge is 0.336 e. The number of carbonyl (C=O) groups is 1. The lowest BCUT2D eigenvalue weighted by atomic mass is 9.93. The first kappa shape index (κ1) is 16.7. The molecule has 1 fully saturated rings. The lowest BCUT2D eigenvalue weighted by molar-refractivity contribution is -0.117. The minimum atomic E-state index is -0.349. The number of piperidine rings is 1. The van der Waals surface area contributed by atoms with E-state index in [4.69, 9.17) is 4.42 Å². The highest BCUT2D eigenvalue weighted by Gasteiger charge is 2.20. The van der Waals surface area contributed by atoms with E-state index >= 15 is 0 Å². The normalized spacial score (nSPS) is 16.5. The Morgan fingerprint density at radius 2 is 1.92 bits per heavy atom. The molecule has 3 rings (SSSR count). The number of hydrogen-bond acceptors (Lipinski definition) is 4. The molecule has 1 N–H and O–H groups in total. The molecule has 0 aliphatic carbocycles. The van der Waals surface area contributed by atoms with E-state index in [1.54, 1.807) is 0 Å². The van der Waals surface area contributed by atoms with Gasteiger partial charge in [0, 0.05) is 23.6 Å². The maximum atomic E-state index is 12.4. The fourth-order valence-corrected chi connectivity index (χ4v) is 3.33. The summed E-state index contributed by atoms with van der Waals surface area (Å²) in [6.45, 7) is 5.90. The number of fused-ring (bicyclic) bond motifs is 1. The zero-order chi connectivity index (χ0) is 17.3. The van der Waals surface area contributed by atoms with Crippen LogP contribution >= 0.6 is 0 Å². The van der Waals surface area contributed by atoms with E-state index in [1.807, 2.05) is 26.0 Å². The van der Waals surface area contributed by atoms with E-state index < -0.39 is 0 Å². The molecular formula is C19H24N2O3. The molecule has 0 atom stereocenters. The number of carbonyl (C=O) groups excluding carboxylic acids is 1. The Kier molecular flexibility index (Phi) is 4.71. The van der Waals surface area contributed by atoms with Crippen molar-refractivity contribution < 1.29 is 9.21 Å². The number of hydrogen-bond donors (Lipinski definition) is 1. The van der Waals surface area contributed by atoms with Crippen molar-refractivity contribution in [3.63, 3.8) is 0 Å². The summed E-state index contributed by atoms with van der Waals surface area (Å²) in [7, 11) is 2.12. The highest BCUT2D eigenvalue weighted by molar-refractivity contribution is 5.95. The van der Waals surface area contributed by atoms with Gasteiger partial charge in [-0.25, -0.2) is 4.79 Å². The summed E-state index contributed by atoms with van der Waals surface area (Å²) in [5.41, 5.74) is 2.75. The van der Waals surface area contributed by atoms with Crippen LogP contribution in [-0.2, 0) is 4.79 Å². The van der Waals surface area contributed by atoms with Gasteiger partial charge >= 0.3 is 5.63 Å². The molecular weight excluding hydrogens is 304 g/mol. The number of likely N-dealkylation sites (tertiary alicyclic amines) is 1. The number of benzene rings is 1. The van der Waals surface area contributed by atoms with Gasteiger partial charge in [-0.1, -0.05) is 0 Å². The molecule has 0 bridgehead atoms. The van der Waals surface area contributed by atoms with Crippen LogP contribution in [0.15, 0.2) is 27.4 Å². The molecule has 1 aromatic heterocycles. The monoisotopic (exact) mass is 328 g/mol. The third-order valence-electron chi connectivity index (χ3n) is 4.88. The molecule has 1 saturated heterocycles. The van der Waals surface area contributed by atoms with Crippen LogP contribution in [0.5, 0.6) is 0 Å². The van der Waals surface area contributed by atoms with Gasteiger partial charge in [0.05, 0.1) is 0 Å². The first-order chi connectivity index (χ1) is 11.4.